The molecule has 26 heavy (non-hydrogen) atoms. The monoisotopic (exact) mass is 393 g/mol. The van der Waals surface area contributed by atoms with Crippen LogP contribution in [0.2, 0.25) is 0 Å². The van der Waals surface area contributed by atoms with E-state index in [0.29, 0.717) is 6.54 Å². The molecule has 142 valence electrons. The number of thiazole rings is 1. The quantitative estimate of drug-likeness (QED) is 0.824. The van der Waals surface area contributed by atoms with Gasteiger partial charge < -0.3 is 10.6 Å². The summed E-state index contributed by atoms with van der Waals surface area (Å²) in [6.07, 6.45) is 0.848. The maximum atomic E-state index is 13.1. The van der Waals surface area contributed by atoms with Crippen molar-refractivity contribution in [3.63, 3.8) is 0 Å². The topological polar surface area (TPSA) is 59.2 Å². The van der Waals surface area contributed by atoms with Crippen LogP contribution >= 0.6 is 23.7 Å². The fourth-order valence-corrected chi connectivity index (χ4v) is 4.58. The zero-order chi connectivity index (χ0) is 18.4. The summed E-state index contributed by atoms with van der Waals surface area (Å²) in [5.41, 5.74) is 10.5. The van der Waals surface area contributed by atoms with E-state index in [0.717, 1.165) is 34.1 Å². The third kappa shape index (κ3) is 3.95. The Hall–Kier alpha value is -1.43. The number of likely N-dealkylation sites (tertiary alicyclic amines) is 1. The van der Waals surface area contributed by atoms with Crippen LogP contribution in [0, 0.1) is 26.2 Å². The van der Waals surface area contributed by atoms with Crippen LogP contribution in [0.3, 0.4) is 0 Å². The summed E-state index contributed by atoms with van der Waals surface area (Å²) < 4.78 is 0. The molecular weight excluding hydrogens is 366 g/mol. The zero-order valence-corrected chi connectivity index (χ0v) is 17.8. The Labute approximate surface area is 166 Å². The molecule has 1 atom stereocenters. The minimum Gasteiger partial charge on any atom is -0.337 e. The number of nitrogens with two attached hydrogens (primary N) is 1. The highest BCUT2D eigenvalue weighted by Gasteiger charge is 2.36. The van der Waals surface area contributed by atoms with Gasteiger partial charge in [0, 0.05) is 24.7 Å². The Morgan fingerprint density at radius 1 is 1.31 bits per heavy atom. The molecule has 0 spiro atoms. The molecule has 2 N–H and O–H groups in total. The number of halogens is 1. The molecule has 0 saturated carbocycles. The number of rotatable bonds is 2. The molecule has 0 radical (unpaired) electrons. The van der Waals surface area contributed by atoms with Gasteiger partial charge in [-0.05, 0) is 38.2 Å². The molecule has 1 unspecified atom stereocenters. The number of aryl methyl sites for hydroxylation is 3. The predicted octanol–water partition coefficient (Wildman–Crippen LogP) is 4.36. The van der Waals surface area contributed by atoms with E-state index in [4.69, 9.17) is 5.73 Å². The highest BCUT2D eigenvalue weighted by atomic mass is 35.5. The Bertz CT molecular complexity index is 815. The first-order valence-corrected chi connectivity index (χ1v) is 9.60. The van der Waals surface area contributed by atoms with Crippen molar-refractivity contribution >= 4 is 29.7 Å². The van der Waals surface area contributed by atoms with Gasteiger partial charge in [-0.3, -0.25) is 4.79 Å². The lowest BCUT2D eigenvalue weighted by atomic mass is 9.79. The highest BCUT2D eigenvalue weighted by Crippen LogP contribution is 2.33. The van der Waals surface area contributed by atoms with E-state index in [9.17, 15) is 4.79 Å². The molecule has 1 aliphatic heterocycles. The number of hydrogen-bond acceptors (Lipinski definition) is 4. The van der Waals surface area contributed by atoms with Crippen molar-refractivity contribution in [1.29, 1.82) is 0 Å². The van der Waals surface area contributed by atoms with E-state index >= 15 is 0 Å². The molecule has 4 nitrogen and oxygen atoms in total. The Kier molecular flexibility index (Phi) is 6.16. The molecule has 1 aromatic carbocycles. The van der Waals surface area contributed by atoms with E-state index in [2.05, 4.69) is 50.9 Å². The third-order valence-corrected chi connectivity index (χ3v) is 6.38. The number of carbonyl (C=O) groups is 1. The predicted molar refractivity (Wildman–Crippen MR) is 111 cm³/mol. The van der Waals surface area contributed by atoms with E-state index in [1.165, 1.54) is 22.5 Å². The van der Waals surface area contributed by atoms with Crippen LogP contribution in [0.25, 0.3) is 10.6 Å². The van der Waals surface area contributed by atoms with Gasteiger partial charge in [-0.15, -0.1) is 23.7 Å². The number of nitrogens with zero attached hydrogens (tertiary/aromatic N) is 2. The minimum atomic E-state index is -0.0527. The standard InChI is InChI=1S/C20H27N3OS.ClH/c1-12-6-7-15(13(2)10-12)18-22-14(3)17(25-18)19(24)23-9-8-16(21)20(4,5)11-23;/h6-7,10,16H,8-9,11,21H2,1-5H3;1H. The van der Waals surface area contributed by atoms with E-state index in [1.807, 2.05) is 11.8 Å². The van der Waals surface area contributed by atoms with Crippen molar-refractivity contribution in [3.8, 4) is 10.6 Å². The second kappa shape index (κ2) is 7.67. The van der Waals surface area contributed by atoms with Crippen molar-refractivity contribution in [2.24, 2.45) is 11.1 Å². The summed E-state index contributed by atoms with van der Waals surface area (Å²) in [5, 5.41) is 0.923. The molecule has 1 aromatic heterocycles. The maximum Gasteiger partial charge on any atom is 0.265 e. The second-order valence-electron chi connectivity index (χ2n) is 7.86. The number of hydrogen-bond donors (Lipinski definition) is 1. The number of benzene rings is 1. The van der Waals surface area contributed by atoms with Gasteiger partial charge in [-0.1, -0.05) is 37.6 Å². The van der Waals surface area contributed by atoms with Crippen molar-refractivity contribution in [2.75, 3.05) is 13.1 Å². The largest absolute Gasteiger partial charge is 0.337 e. The van der Waals surface area contributed by atoms with Crippen LogP contribution in [0.1, 0.15) is 46.8 Å². The molecule has 6 heteroatoms. The highest BCUT2D eigenvalue weighted by molar-refractivity contribution is 7.17. The SMILES string of the molecule is Cc1ccc(-c2nc(C)c(C(=O)N3CCC(N)C(C)(C)C3)s2)c(C)c1.Cl. The van der Waals surface area contributed by atoms with Crippen LogP contribution < -0.4 is 5.73 Å². The second-order valence-corrected chi connectivity index (χ2v) is 8.86. The molecule has 0 bridgehead atoms. The van der Waals surface area contributed by atoms with Gasteiger partial charge in [0.2, 0.25) is 0 Å². The van der Waals surface area contributed by atoms with Crippen LogP contribution in [0.5, 0.6) is 0 Å². The first kappa shape index (κ1) is 20.9. The molecule has 1 amide bonds. The molecule has 3 rings (SSSR count). The summed E-state index contributed by atoms with van der Waals surface area (Å²) in [7, 11) is 0. The average molecular weight is 394 g/mol. The van der Waals surface area contributed by atoms with Crippen LogP contribution in [0.15, 0.2) is 18.2 Å². The lowest BCUT2D eigenvalue weighted by molar-refractivity contribution is 0.0536. The summed E-state index contributed by atoms with van der Waals surface area (Å²) in [5.74, 6) is 0.0889. The van der Waals surface area contributed by atoms with Crippen LogP contribution in [-0.2, 0) is 0 Å². The zero-order valence-electron chi connectivity index (χ0n) is 16.1. The maximum absolute atomic E-state index is 13.1. The summed E-state index contributed by atoms with van der Waals surface area (Å²) in [4.78, 5) is 20.4. The first-order valence-electron chi connectivity index (χ1n) is 8.79. The van der Waals surface area contributed by atoms with Crippen molar-refractivity contribution < 1.29 is 4.79 Å². The lowest BCUT2D eigenvalue weighted by Crippen LogP contribution is -2.53. The first-order chi connectivity index (χ1) is 11.7. The summed E-state index contributed by atoms with van der Waals surface area (Å²) in [6.45, 7) is 11.8. The van der Waals surface area contributed by atoms with Gasteiger partial charge in [0.1, 0.15) is 9.88 Å². The molecule has 1 fully saturated rings. The fraction of sp³-hybridized carbons (Fsp3) is 0.500. The fourth-order valence-electron chi connectivity index (χ4n) is 3.45. The van der Waals surface area contributed by atoms with Gasteiger partial charge in [0.15, 0.2) is 0 Å². The van der Waals surface area contributed by atoms with E-state index in [1.54, 1.807) is 0 Å². The van der Waals surface area contributed by atoms with Gasteiger partial charge in [-0.2, -0.15) is 0 Å². The van der Waals surface area contributed by atoms with Crippen molar-refractivity contribution in [2.45, 2.75) is 47.1 Å². The van der Waals surface area contributed by atoms with E-state index in [-0.39, 0.29) is 29.8 Å². The average Bonchev–Trinajstić information content (AvgIpc) is 2.90. The molecular formula is C20H28ClN3OS. The van der Waals surface area contributed by atoms with Gasteiger partial charge in [0.05, 0.1) is 5.69 Å². The Morgan fingerprint density at radius 2 is 2.00 bits per heavy atom. The van der Waals surface area contributed by atoms with Crippen molar-refractivity contribution in [3.05, 3.63) is 39.9 Å². The number of carbonyl (C=O) groups excluding carboxylic acids is 1. The van der Waals surface area contributed by atoms with Gasteiger partial charge in [0.25, 0.3) is 5.91 Å². The third-order valence-electron chi connectivity index (χ3n) is 5.20. The molecule has 1 saturated heterocycles. The van der Waals surface area contributed by atoms with E-state index < -0.39 is 0 Å². The minimum absolute atomic E-state index is 0. The molecule has 2 heterocycles. The number of aromatic nitrogens is 1. The Morgan fingerprint density at radius 3 is 2.62 bits per heavy atom. The summed E-state index contributed by atoms with van der Waals surface area (Å²) in [6, 6.07) is 6.49. The summed E-state index contributed by atoms with van der Waals surface area (Å²) >= 11 is 1.50. The van der Waals surface area contributed by atoms with Gasteiger partial charge >= 0.3 is 0 Å². The normalized spacial score (nSPS) is 19.2. The molecule has 1 aliphatic rings. The Balaban J connectivity index is 0.00000243. The lowest BCUT2D eigenvalue weighted by Gasteiger charge is -2.42. The number of piperidine rings is 1. The van der Waals surface area contributed by atoms with Gasteiger partial charge in [-0.25, -0.2) is 4.98 Å². The smallest absolute Gasteiger partial charge is 0.265 e. The number of amides is 1. The molecule has 0 aliphatic carbocycles. The van der Waals surface area contributed by atoms with Crippen LogP contribution in [0.4, 0.5) is 0 Å². The van der Waals surface area contributed by atoms with Crippen LogP contribution in [-0.4, -0.2) is 34.9 Å². The molecule has 2 aromatic rings. The van der Waals surface area contributed by atoms with Crippen molar-refractivity contribution in [1.82, 2.24) is 9.88 Å².